The number of methoxy groups -OCH3 is 2. The van der Waals surface area contributed by atoms with E-state index in [0.717, 1.165) is 0 Å². The number of hydrogen-bond donors (Lipinski definition) is 0. The van der Waals surface area contributed by atoms with Crippen molar-refractivity contribution >= 4 is 10.0 Å². The van der Waals surface area contributed by atoms with E-state index in [2.05, 4.69) is 0 Å². The molecule has 1 fully saturated rings. The third-order valence-corrected chi connectivity index (χ3v) is 5.31. The standard InChI is InChI=1S/C13H19NO5S/c1-13(2)8-19-9-14(13)20(15,16)10-5-6-11(17-3)12(7-10)18-4/h5-7H,8-9H2,1-4H3. The molecule has 0 atom stereocenters. The summed E-state index contributed by atoms with van der Waals surface area (Å²) < 4.78 is 42.2. The van der Waals surface area contributed by atoms with E-state index in [1.165, 1.54) is 30.7 Å². The van der Waals surface area contributed by atoms with Crippen molar-refractivity contribution in [1.29, 1.82) is 0 Å². The Kier molecular flexibility index (Phi) is 3.95. The van der Waals surface area contributed by atoms with Crippen molar-refractivity contribution in [2.75, 3.05) is 27.6 Å². The summed E-state index contributed by atoms with van der Waals surface area (Å²) in [5.41, 5.74) is -0.563. The summed E-state index contributed by atoms with van der Waals surface area (Å²) in [6.45, 7) is 4.10. The third-order valence-electron chi connectivity index (χ3n) is 3.28. The Labute approximate surface area is 119 Å². The minimum absolute atomic E-state index is 0.0592. The summed E-state index contributed by atoms with van der Waals surface area (Å²) in [6.07, 6.45) is 0. The fourth-order valence-electron chi connectivity index (χ4n) is 2.12. The second kappa shape index (κ2) is 5.23. The first-order chi connectivity index (χ1) is 9.32. The van der Waals surface area contributed by atoms with Crippen LogP contribution in [0.5, 0.6) is 11.5 Å². The van der Waals surface area contributed by atoms with Gasteiger partial charge in [0.2, 0.25) is 10.0 Å². The highest BCUT2D eigenvalue weighted by Crippen LogP contribution is 2.34. The Hall–Kier alpha value is -1.31. The molecule has 0 radical (unpaired) electrons. The van der Waals surface area contributed by atoms with Gasteiger partial charge in [0.05, 0.1) is 31.3 Å². The molecule has 112 valence electrons. The van der Waals surface area contributed by atoms with E-state index in [9.17, 15) is 8.42 Å². The predicted octanol–water partition coefficient (Wildman–Crippen LogP) is 1.46. The van der Waals surface area contributed by atoms with Crippen molar-refractivity contribution in [3.8, 4) is 11.5 Å². The van der Waals surface area contributed by atoms with Crippen molar-refractivity contribution in [3.63, 3.8) is 0 Å². The second-order valence-electron chi connectivity index (χ2n) is 5.16. The molecule has 0 aliphatic carbocycles. The summed E-state index contributed by atoms with van der Waals surface area (Å²) in [5.74, 6) is 0.870. The quantitative estimate of drug-likeness (QED) is 0.842. The molecule has 0 amide bonds. The fraction of sp³-hybridized carbons (Fsp3) is 0.538. The van der Waals surface area contributed by atoms with Crippen LogP contribution in [0.1, 0.15) is 13.8 Å². The van der Waals surface area contributed by atoms with Gasteiger partial charge in [-0.1, -0.05) is 0 Å². The van der Waals surface area contributed by atoms with Gasteiger partial charge in [0.1, 0.15) is 6.73 Å². The molecule has 1 aromatic rings. The van der Waals surface area contributed by atoms with Gasteiger partial charge in [-0.05, 0) is 26.0 Å². The van der Waals surface area contributed by atoms with Crippen molar-refractivity contribution in [2.45, 2.75) is 24.3 Å². The van der Waals surface area contributed by atoms with Gasteiger partial charge < -0.3 is 14.2 Å². The van der Waals surface area contributed by atoms with Crippen LogP contribution in [0.2, 0.25) is 0 Å². The van der Waals surface area contributed by atoms with Crippen LogP contribution in [0.3, 0.4) is 0 Å². The SMILES string of the molecule is COc1ccc(S(=O)(=O)N2COCC2(C)C)cc1OC. The Bertz CT molecular complexity index is 597. The Morgan fingerprint density at radius 1 is 1.20 bits per heavy atom. The Morgan fingerprint density at radius 3 is 2.35 bits per heavy atom. The molecule has 6 nitrogen and oxygen atoms in total. The van der Waals surface area contributed by atoms with Crippen LogP contribution in [-0.4, -0.2) is 45.8 Å². The second-order valence-corrected chi connectivity index (χ2v) is 7.02. The van der Waals surface area contributed by atoms with Crippen LogP contribution in [0.15, 0.2) is 23.1 Å². The molecule has 0 bridgehead atoms. The lowest BCUT2D eigenvalue weighted by atomic mass is 10.1. The molecule has 1 aromatic carbocycles. The molecule has 1 aliphatic rings. The maximum atomic E-state index is 12.7. The molecule has 1 heterocycles. The highest BCUT2D eigenvalue weighted by atomic mass is 32.2. The van der Waals surface area contributed by atoms with Crippen LogP contribution in [0.4, 0.5) is 0 Å². The van der Waals surface area contributed by atoms with Crippen molar-refractivity contribution in [2.24, 2.45) is 0 Å². The molecule has 2 rings (SSSR count). The van der Waals surface area contributed by atoms with Crippen molar-refractivity contribution in [1.82, 2.24) is 4.31 Å². The first-order valence-corrected chi connectivity index (χ1v) is 7.59. The number of ether oxygens (including phenoxy) is 3. The van der Waals surface area contributed by atoms with Gasteiger partial charge in [-0.25, -0.2) is 8.42 Å². The maximum absolute atomic E-state index is 12.7. The minimum atomic E-state index is -3.63. The molecule has 0 saturated carbocycles. The molecule has 0 N–H and O–H groups in total. The summed E-state index contributed by atoms with van der Waals surface area (Å²) in [7, 11) is -0.658. The lowest BCUT2D eigenvalue weighted by molar-refractivity contribution is 0.171. The van der Waals surface area contributed by atoms with E-state index in [-0.39, 0.29) is 11.6 Å². The van der Waals surface area contributed by atoms with E-state index < -0.39 is 15.6 Å². The molecule has 7 heteroatoms. The zero-order valence-electron chi connectivity index (χ0n) is 12.0. The van der Waals surface area contributed by atoms with E-state index in [0.29, 0.717) is 18.1 Å². The summed E-state index contributed by atoms with van der Waals surface area (Å²) in [5, 5.41) is 0. The third kappa shape index (κ3) is 2.48. The molecule has 0 aromatic heterocycles. The molecule has 0 unspecified atom stereocenters. The topological polar surface area (TPSA) is 65.1 Å². The maximum Gasteiger partial charge on any atom is 0.245 e. The van der Waals surface area contributed by atoms with E-state index in [1.54, 1.807) is 6.07 Å². The average molecular weight is 301 g/mol. The number of benzene rings is 1. The summed E-state index contributed by atoms with van der Waals surface area (Å²) >= 11 is 0. The first-order valence-electron chi connectivity index (χ1n) is 6.15. The Morgan fingerprint density at radius 2 is 1.85 bits per heavy atom. The van der Waals surface area contributed by atoms with Crippen LogP contribution >= 0.6 is 0 Å². The van der Waals surface area contributed by atoms with Crippen LogP contribution in [0, 0.1) is 0 Å². The highest BCUT2D eigenvalue weighted by Gasteiger charge is 2.42. The first kappa shape index (κ1) is 15.1. The fourth-order valence-corrected chi connectivity index (χ4v) is 3.79. The minimum Gasteiger partial charge on any atom is -0.493 e. The van der Waals surface area contributed by atoms with E-state index >= 15 is 0 Å². The van der Waals surface area contributed by atoms with E-state index in [1.807, 2.05) is 13.8 Å². The van der Waals surface area contributed by atoms with Gasteiger partial charge in [0.15, 0.2) is 11.5 Å². The number of sulfonamides is 1. The summed E-state index contributed by atoms with van der Waals surface area (Å²) in [6, 6.07) is 4.54. The number of hydrogen-bond acceptors (Lipinski definition) is 5. The van der Waals surface area contributed by atoms with Gasteiger partial charge in [-0.3, -0.25) is 0 Å². The number of rotatable bonds is 4. The van der Waals surface area contributed by atoms with Crippen LogP contribution < -0.4 is 9.47 Å². The largest absolute Gasteiger partial charge is 0.493 e. The van der Waals surface area contributed by atoms with Gasteiger partial charge >= 0.3 is 0 Å². The normalized spacial score (nSPS) is 19.0. The molecule has 0 spiro atoms. The lowest BCUT2D eigenvalue weighted by Crippen LogP contribution is -2.44. The number of nitrogens with zero attached hydrogens (tertiary/aromatic N) is 1. The molecule has 20 heavy (non-hydrogen) atoms. The molecule has 1 saturated heterocycles. The smallest absolute Gasteiger partial charge is 0.245 e. The zero-order chi connectivity index (χ0) is 15.0. The van der Waals surface area contributed by atoms with E-state index in [4.69, 9.17) is 14.2 Å². The van der Waals surface area contributed by atoms with Gasteiger partial charge in [0.25, 0.3) is 0 Å². The highest BCUT2D eigenvalue weighted by molar-refractivity contribution is 7.89. The van der Waals surface area contributed by atoms with Crippen molar-refractivity contribution in [3.05, 3.63) is 18.2 Å². The average Bonchev–Trinajstić information content (AvgIpc) is 2.78. The van der Waals surface area contributed by atoms with Gasteiger partial charge in [0, 0.05) is 6.07 Å². The van der Waals surface area contributed by atoms with Gasteiger partial charge in [-0.2, -0.15) is 4.31 Å². The molecular weight excluding hydrogens is 282 g/mol. The monoisotopic (exact) mass is 301 g/mol. The van der Waals surface area contributed by atoms with Crippen LogP contribution in [0.25, 0.3) is 0 Å². The van der Waals surface area contributed by atoms with Crippen LogP contribution in [-0.2, 0) is 14.8 Å². The van der Waals surface area contributed by atoms with Gasteiger partial charge in [-0.15, -0.1) is 0 Å². The molecular formula is C13H19NO5S. The predicted molar refractivity (Wildman–Crippen MR) is 73.5 cm³/mol. The molecule has 1 aliphatic heterocycles. The lowest BCUT2D eigenvalue weighted by Gasteiger charge is -2.28. The summed E-state index contributed by atoms with van der Waals surface area (Å²) in [4.78, 5) is 0.161. The Balaban J connectivity index is 2.45. The van der Waals surface area contributed by atoms with Crippen molar-refractivity contribution < 1.29 is 22.6 Å². The zero-order valence-corrected chi connectivity index (χ0v) is 12.9.